The van der Waals surface area contributed by atoms with Gasteiger partial charge in [0.25, 0.3) is 0 Å². The Hall–Kier alpha value is -2.38. The first-order valence-electron chi connectivity index (χ1n) is 12.8. The molecule has 2 amide bonds. The fourth-order valence-corrected chi connectivity index (χ4v) is 5.77. The topological polar surface area (TPSA) is 99.1 Å². The lowest BCUT2D eigenvalue weighted by Crippen LogP contribution is -2.58. The summed E-state index contributed by atoms with van der Waals surface area (Å²) in [7, 11) is 0. The Bertz CT molecular complexity index is 906. The summed E-state index contributed by atoms with van der Waals surface area (Å²) in [4.78, 5) is 28.7. The molecule has 0 radical (unpaired) electrons. The largest absolute Gasteiger partial charge is 0.486 e. The zero-order valence-corrected chi connectivity index (χ0v) is 20.3. The van der Waals surface area contributed by atoms with Gasteiger partial charge in [0, 0.05) is 30.1 Å². The van der Waals surface area contributed by atoms with Crippen LogP contribution in [0.2, 0.25) is 0 Å². The Morgan fingerprint density at radius 1 is 1.15 bits per heavy atom. The number of nitrogens with one attached hydrogen (secondary N) is 1. The molecule has 1 saturated carbocycles. The highest BCUT2D eigenvalue weighted by molar-refractivity contribution is 5.96. The highest BCUT2D eigenvalue weighted by Crippen LogP contribution is 2.47. The summed E-state index contributed by atoms with van der Waals surface area (Å²) in [6.07, 6.45) is 6.83. The number of carbonyl (C=O) groups is 2. The Labute approximate surface area is 202 Å². The molecule has 1 aromatic rings. The first kappa shape index (κ1) is 24.7. The van der Waals surface area contributed by atoms with E-state index in [0.717, 1.165) is 44.1 Å². The fourth-order valence-electron chi connectivity index (χ4n) is 5.77. The maximum Gasteiger partial charge on any atom is 0.247 e. The molecule has 0 aromatic heterocycles. The number of nitrogens with zero attached hydrogens (tertiary/aromatic N) is 1. The van der Waals surface area contributed by atoms with Crippen molar-refractivity contribution in [1.82, 2.24) is 10.2 Å². The van der Waals surface area contributed by atoms with E-state index in [1.165, 1.54) is 0 Å². The minimum absolute atomic E-state index is 0.0197. The zero-order valence-electron chi connectivity index (χ0n) is 20.3. The van der Waals surface area contributed by atoms with Crippen LogP contribution in [0.3, 0.4) is 0 Å². The highest BCUT2D eigenvalue weighted by Gasteiger charge is 2.51. The van der Waals surface area contributed by atoms with E-state index < -0.39 is 24.2 Å². The highest BCUT2D eigenvalue weighted by atomic mass is 16.5. The van der Waals surface area contributed by atoms with Crippen molar-refractivity contribution in [1.29, 1.82) is 0 Å². The first-order chi connectivity index (χ1) is 16.4. The van der Waals surface area contributed by atoms with Crippen molar-refractivity contribution >= 4 is 11.8 Å². The number of aliphatic hydroxyl groups is 2. The monoisotopic (exact) mass is 470 g/mol. The molecule has 1 fully saturated rings. The van der Waals surface area contributed by atoms with Gasteiger partial charge in [-0.1, -0.05) is 57.7 Å². The van der Waals surface area contributed by atoms with Crippen LogP contribution in [-0.2, 0) is 9.59 Å². The summed E-state index contributed by atoms with van der Waals surface area (Å²) in [5.41, 5.74) is 1.36. The van der Waals surface area contributed by atoms with E-state index in [0.29, 0.717) is 17.7 Å². The Kier molecular flexibility index (Phi) is 7.94. The van der Waals surface area contributed by atoms with Crippen LogP contribution in [0.15, 0.2) is 35.9 Å². The molecule has 3 aliphatic rings. The SMILES string of the molecule is CC(C)CC(=O)N(C1CCCCCC1)[C@@H]1C=C(C(=O)NCCO)[C@@H]2c3ccccc3O[C@@H]2[C@H]1O. The standard InChI is InChI=1S/C27H38N2O5/c1-17(2)15-23(31)29(18-9-5-3-4-6-10-18)21-16-20(27(33)28-13-14-30)24-19-11-7-8-12-22(19)34-26(24)25(21)32/h7-8,11-12,16-18,21,24-26,30,32H,3-6,9-10,13-15H2,1-2H3,(H,28,33)/t21-,24+,25+,26+/m1/s1. The van der Waals surface area contributed by atoms with Crippen LogP contribution in [0.1, 0.15) is 70.3 Å². The molecule has 1 heterocycles. The van der Waals surface area contributed by atoms with Gasteiger partial charge in [-0.3, -0.25) is 9.59 Å². The number of carbonyl (C=O) groups excluding carboxylic acids is 2. The number of rotatable bonds is 7. The summed E-state index contributed by atoms with van der Waals surface area (Å²) >= 11 is 0. The average molecular weight is 471 g/mol. The van der Waals surface area contributed by atoms with Gasteiger partial charge in [0.2, 0.25) is 11.8 Å². The van der Waals surface area contributed by atoms with E-state index in [-0.39, 0.29) is 36.9 Å². The summed E-state index contributed by atoms with van der Waals surface area (Å²) in [5, 5.41) is 23.6. The van der Waals surface area contributed by atoms with Gasteiger partial charge in [0.1, 0.15) is 18.0 Å². The molecule has 4 atom stereocenters. The number of benzene rings is 1. The smallest absolute Gasteiger partial charge is 0.247 e. The van der Waals surface area contributed by atoms with E-state index in [9.17, 15) is 19.8 Å². The third-order valence-electron chi connectivity index (χ3n) is 7.29. The molecule has 0 saturated heterocycles. The quantitative estimate of drug-likeness (QED) is 0.532. The molecule has 7 heteroatoms. The van der Waals surface area contributed by atoms with Crippen molar-refractivity contribution in [2.75, 3.05) is 13.2 Å². The van der Waals surface area contributed by atoms with Crippen LogP contribution in [0.4, 0.5) is 0 Å². The maximum absolute atomic E-state index is 13.6. The van der Waals surface area contributed by atoms with Crippen molar-refractivity contribution in [3.63, 3.8) is 0 Å². The second kappa shape index (κ2) is 10.9. The predicted octanol–water partition coefficient (Wildman–Crippen LogP) is 2.91. The van der Waals surface area contributed by atoms with E-state index in [2.05, 4.69) is 5.32 Å². The van der Waals surface area contributed by atoms with E-state index in [4.69, 9.17) is 4.74 Å². The van der Waals surface area contributed by atoms with Gasteiger partial charge in [-0.15, -0.1) is 0 Å². The lowest BCUT2D eigenvalue weighted by Gasteiger charge is -2.44. The molecular formula is C27H38N2O5. The van der Waals surface area contributed by atoms with Crippen LogP contribution in [0, 0.1) is 5.92 Å². The van der Waals surface area contributed by atoms with Gasteiger partial charge < -0.3 is 25.2 Å². The molecule has 0 unspecified atom stereocenters. The molecule has 0 spiro atoms. The van der Waals surface area contributed by atoms with E-state index in [1.54, 1.807) is 6.08 Å². The number of fused-ring (bicyclic) bond motifs is 3. The third-order valence-corrected chi connectivity index (χ3v) is 7.29. The molecule has 34 heavy (non-hydrogen) atoms. The van der Waals surface area contributed by atoms with Gasteiger partial charge in [-0.25, -0.2) is 0 Å². The minimum atomic E-state index is -0.953. The number of ether oxygens (including phenoxy) is 1. The average Bonchev–Trinajstić information content (AvgIpc) is 3.00. The van der Waals surface area contributed by atoms with Crippen molar-refractivity contribution in [2.45, 2.75) is 89.0 Å². The van der Waals surface area contributed by atoms with Crippen molar-refractivity contribution in [3.8, 4) is 5.75 Å². The van der Waals surface area contributed by atoms with Crippen LogP contribution >= 0.6 is 0 Å². The van der Waals surface area contributed by atoms with E-state index >= 15 is 0 Å². The molecule has 1 aromatic carbocycles. The Balaban J connectivity index is 1.75. The van der Waals surface area contributed by atoms with Crippen molar-refractivity contribution in [3.05, 3.63) is 41.5 Å². The summed E-state index contributed by atoms with van der Waals surface area (Å²) in [6.45, 7) is 4.03. The molecule has 1 aliphatic heterocycles. The molecule has 186 valence electrons. The van der Waals surface area contributed by atoms with Crippen molar-refractivity contribution < 1.29 is 24.5 Å². The molecule has 2 aliphatic carbocycles. The maximum atomic E-state index is 13.6. The van der Waals surface area contributed by atoms with E-state index in [1.807, 2.05) is 43.0 Å². The van der Waals surface area contributed by atoms with Gasteiger partial charge in [0.05, 0.1) is 18.6 Å². The molecular weight excluding hydrogens is 432 g/mol. The van der Waals surface area contributed by atoms with Gasteiger partial charge in [-0.2, -0.15) is 0 Å². The fraction of sp³-hybridized carbons (Fsp3) is 0.630. The normalized spacial score (nSPS) is 26.7. The minimum Gasteiger partial charge on any atom is -0.486 e. The van der Waals surface area contributed by atoms with Gasteiger partial charge >= 0.3 is 0 Å². The van der Waals surface area contributed by atoms with Crippen LogP contribution in [0.5, 0.6) is 5.75 Å². The summed E-state index contributed by atoms with van der Waals surface area (Å²) in [5.74, 6) is 0.159. The lowest BCUT2D eigenvalue weighted by atomic mass is 9.77. The number of hydrogen-bond acceptors (Lipinski definition) is 5. The molecule has 3 N–H and O–H groups in total. The zero-order chi connectivity index (χ0) is 24.2. The third kappa shape index (κ3) is 5.01. The van der Waals surface area contributed by atoms with Crippen LogP contribution in [-0.4, -0.2) is 64.4 Å². The Morgan fingerprint density at radius 3 is 2.53 bits per heavy atom. The lowest BCUT2D eigenvalue weighted by molar-refractivity contribution is -0.141. The first-order valence-corrected chi connectivity index (χ1v) is 12.8. The van der Waals surface area contributed by atoms with Gasteiger partial charge in [-0.05, 0) is 30.9 Å². The second-order valence-corrected chi connectivity index (χ2v) is 10.2. The molecule has 4 rings (SSSR count). The number of para-hydroxylation sites is 1. The van der Waals surface area contributed by atoms with Crippen LogP contribution in [0.25, 0.3) is 0 Å². The number of amides is 2. The number of hydrogen-bond donors (Lipinski definition) is 3. The van der Waals surface area contributed by atoms with Crippen molar-refractivity contribution in [2.24, 2.45) is 5.92 Å². The predicted molar refractivity (Wildman–Crippen MR) is 129 cm³/mol. The molecule has 0 bridgehead atoms. The summed E-state index contributed by atoms with van der Waals surface area (Å²) in [6, 6.07) is 6.94. The summed E-state index contributed by atoms with van der Waals surface area (Å²) < 4.78 is 6.20. The Morgan fingerprint density at radius 2 is 1.85 bits per heavy atom. The number of aliphatic hydroxyl groups excluding tert-OH is 2. The van der Waals surface area contributed by atoms with Crippen LogP contribution < -0.4 is 10.1 Å². The van der Waals surface area contributed by atoms with Gasteiger partial charge in [0.15, 0.2) is 0 Å². The second-order valence-electron chi connectivity index (χ2n) is 10.2. The molecule has 7 nitrogen and oxygen atoms in total.